The monoisotopic (exact) mass is 892 g/mol. The van der Waals surface area contributed by atoms with Crippen LogP contribution in [-0.4, -0.2) is 19.9 Å². The number of nitrogens with one attached hydrogen (secondary N) is 4. The normalized spacial score (nSPS) is 20.2. The number of furan rings is 2. The molecule has 8 aromatic rings. The molecule has 0 spiro atoms. The van der Waals surface area contributed by atoms with Crippen molar-refractivity contribution in [2.75, 3.05) is 0 Å². The summed E-state index contributed by atoms with van der Waals surface area (Å²) in [4.78, 5) is 20.8. The van der Waals surface area contributed by atoms with Crippen molar-refractivity contribution in [3.8, 4) is 0 Å². The summed E-state index contributed by atoms with van der Waals surface area (Å²) in [5.74, 6) is 3.75. The fraction of sp³-hybridized carbons (Fsp3) is 0.429. The summed E-state index contributed by atoms with van der Waals surface area (Å²) in [5.41, 5.74) is 6.77. The number of thiophene rings is 2. The molecule has 8 heteroatoms. The Morgan fingerprint density at radius 1 is 0.250 bits per heavy atom. The lowest BCUT2D eigenvalue weighted by Crippen LogP contribution is -2.23. The molecule has 8 aromatic heterocycles. The van der Waals surface area contributed by atoms with E-state index in [1.165, 1.54) is 42.3 Å². The highest BCUT2D eigenvalue weighted by Gasteiger charge is 2.40. The number of aromatic amines is 4. The quantitative estimate of drug-likeness (QED) is 0.122. The Kier molecular flexibility index (Phi) is 9.89. The number of aromatic nitrogens is 4. The van der Waals surface area contributed by atoms with Crippen LogP contribution >= 0.6 is 22.7 Å². The predicted molar refractivity (Wildman–Crippen MR) is 266 cm³/mol. The number of fused-ring (bicyclic) bond motifs is 16. The largest absolute Gasteiger partial charge is 0.464 e. The second-order valence-electron chi connectivity index (χ2n) is 22.8. The third kappa shape index (κ3) is 6.75. The summed E-state index contributed by atoms with van der Waals surface area (Å²) in [7, 11) is 0. The van der Waals surface area contributed by atoms with Crippen LogP contribution in [0.25, 0.3) is 0 Å². The SMILES string of the molecule is CC1(C)c2ccc([nH]2)C(C)(C)c2ccc(s2)C(C)(C)c2ccc([nH]2)C(C)(C)c2ccc(o2)C(C)(C)c2ccc([nH]2)C(C)(C)c2ccc(s2)C(C)(C)c2ccc([nH]2)C(C)(C)c2ccc1o2. The van der Waals surface area contributed by atoms with Crippen LogP contribution in [0.4, 0.5) is 0 Å². The Hall–Kier alpha value is -4.92. The summed E-state index contributed by atoms with van der Waals surface area (Å²) in [6.45, 7) is 36.6. The van der Waals surface area contributed by atoms with E-state index in [4.69, 9.17) is 8.83 Å². The zero-order valence-corrected chi connectivity index (χ0v) is 42.5. The molecule has 0 saturated carbocycles. The predicted octanol–water partition coefficient (Wildman–Crippen LogP) is 15.2. The van der Waals surface area contributed by atoms with Gasteiger partial charge in [-0.25, -0.2) is 0 Å². The van der Waals surface area contributed by atoms with Crippen LogP contribution in [0.15, 0.2) is 106 Å². The molecule has 0 unspecified atom stereocenters. The smallest absolute Gasteiger partial charge is 0.115 e. The van der Waals surface area contributed by atoms with Crippen LogP contribution < -0.4 is 0 Å². The summed E-state index contributed by atoms with van der Waals surface area (Å²) >= 11 is 3.79. The second-order valence-corrected chi connectivity index (χ2v) is 25.0. The van der Waals surface area contributed by atoms with Gasteiger partial charge in [0.2, 0.25) is 0 Å². The van der Waals surface area contributed by atoms with E-state index in [9.17, 15) is 0 Å². The maximum Gasteiger partial charge on any atom is 0.115 e. The van der Waals surface area contributed by atoms with Crippen LogP contribution in [0.2, 0.25) is 0 Å². The molecular formula is C56H68N4O2S2. The molecular weight excluding hydrogens is 825 g/mol. The molecule has 0 radical (unpaired) electrons. The van der Waals surface area contributed by atoms with Crippen molar-refractivity contribution < 1.29 is 8.83 Å². The van der Waals surface area contributed by atoms with Gasteiger partial charge in [-0.15, -0.1) is 22.7 Å². The maximum absolute atomic E-state index is 6.86. The van der Waals surface area contributed by atoms with Crippen molar-refractivity contribution in [2.24, 2.45) is 0 Å². The van der Waals surface area contributed by atoms with Crippen LogP contribution in [0, 0.1) is 0 Å². The topological polar surface area (TPSA) is 89.4 Å². The standard InChI is InChI=1S/C56H68N4O2S2/c1-49(2)33-17-21-37(57-33)53(9,10)45-29-30-46(63-45)55(13,14)39-23-19-35(59-39)51(5,6)43-27-28-44(62-43)52(7,8)36-20-24-40(60-36)56(15,16)48-32-31-47(64-48)54(11,12)38-22-18-34(58-38)50(3,4)42-26-25-41(49)61-42/h17-32,57-60H,1-16H3. The summed E-state index contributed by atoms with van der Waals surface area (Å²) < 4.78 is 13.7. The van der Waals surface area contributed by atoms with E-state index in [1.807, 2.05) is 22.7 Å². The van der Waals surface area contributed by atoms with Gasteiger partial charge in [-0.1, -0.05) is 0 Å². The van der Waals surface area contributed by atoms with Gasteiger partial charge >= 0.3 is 0 Å². The Morgan fingerprint density at radius 3 is 0.609 bits per heavy atom. The molecule has 64 heavy (non-hydrogen) atoms. The van der Waals surface area contributed by atoms with Gasteiger partial charge in [0.05, 0.1) is 21.7 Å². The lowest BCUT2D eigenvalue weighted by molar-refractivity contribution is 0.359. The molecule has 4 N–H and O–H groups in total. The molecule has 6 nitrogen and oxygen atoms in total. The van der Waals surface area contributed by atoms with Crippen LogP contribution in [0.3, 0.4) is 0 Å². The Bertz CT molecular complexity index is 2210. The minimum atomic E-state index is -0.383. The minimum absolute atomic E-state index is 0.238. The van der Waals surface area contributed by atoms with Gasteiger partial charge < -0.3 is 28.8 Å². The molecule has 1 aliphatic heterocycles. The highest BCUT2D eigenvalue weighted by molar-refractivity contribution is 7.12. The molecule has 0 saturated heterocycles. The first-order valence-corrected chi connectivity index (χ1v) is 24.6. The average Bonchev–Trinajstić information content (AvgIpc) is 4.11. The van der Waals surface area contributed by atoms with E-state index in [-0.39, 0.29) is 43.3 Å². The van der Waals surface area contributed by atoms with E-state index in [2.05, 4.69) is 228 Å². The summed E-state index contributed by atoms with van der Waals surface area (Å²) in [6, 6.07) is 35.9. The Balaban J connectivity index is 1.13. The summed E-state index contributed by atoms with van der Waals surface area (Å²) in [6.07, 6.45) is 0. The van der Waals surface area contributed by atoms with Gasteiger partial charge in [0.15, 0.2) is 0 Å². The molecule has 0 aromatic carbocycles. The highest BCUT2D eigenvalue weighted by Crippen LogP contribution is 2.47. The van der Waals surface area contributed by atoms with Gasteiger partial charge in [-0.05, 0) is 208 Å². The van der Waals surface area contributed by atoms with Gasteiger partial charge in [-0.3, -0.25) is 0 Å². The van der Waals surface area contributed by atoms with Crippen molar-refractivity contribution in [3.05, 3.63) is 185 Å². The third-order valence-corrected chi connectivity index (χ3v) is 18.9. The highest BCUT2D eigenvalue weighted by atomic mass is 32.1. The van der Waals surface area contributed by atoms with E-state index in [1.54, 1.807) is 0 Å². The molecule has 9 rings (SSSR count). The zero-order chi connectivity index (χ0) is 46.2. The molecule has 16 bridgehead atoms. The van der Waals surface area contributed by atoms with Crippen molar-refractivity contribution in [1.29, 1.82) is 0 Å². The van der Waals surface area contributed by atoms with Crippen LogP contribution in [0.5, 0.6) is 0 Å². The van der Waals surface area contributed by atoms with Gasteiger partial charge in [0.1, 0.15) is 23.0 Å². The van der Waals surface area contributed by atoms with E-state index < -0.39 is 0 Å². The lowest BCUT2D eigenvalue weighted by Gasteiger charge is -2.27. The van der Waals surface area contributed by atoms with Gasteiger partial charge in [0.25, 0.3) is 0 Å². The second kappa shape index (κ2) is 14.3. The first-order valence-electron chi connectivity index (χ1n) is 22.9. The zero-order valence-electron chi connectivity index (χ0n) is 40.9. The fourth-order valence-electron chi connectivity index (χ4n) is 9.60. The van der Waals surface area contributed by atoms with Crippen LogP contribution in [0.1, 0.15) is 199 Å². The number of rotatable bonds is 0. The molecule has 9 heterocycles. The van der Waals surface area contributed by atoms with Crippen molar-refractivity contribution >= 4 is 22.7 Å². The van der Waals surface area contributed by atoms with Crippen molar-refractivity contribution in [2.45, 2.75) is 154 Å². The third-order valence-electron chi connectivity index (χ3n) is 15.5. The van der Waals surface area contributed by atoms with E-state index in [0.29, 0.717) is 0 Å². The molecule has 1 aliphatic rings. The molecule has 0 amide bonds. The molecule has 336 valence electrons. The minimum Gasteiger partial charge on any atom is -0.464 e. The van der Waals surface area contributed by atoms with Crippen LogP contribution in [-0.2, 0) is 43.3 Å². The summed E-state index contributed by atoms with van der Waals surface area (Å²) in [5, 5.41) is 0. The lowest BCUT2D eigenvalue weighted by atomic mass is 9.86. The van der Waals surface area contributed by atoms with E-state index >= 15 is 0 Å². The average molecular weight is 893 g/mol. The maximum atomic E-state index is 6.86. The Labute approximate surface area is 388 Å². The molecule has 0 fully saturated rings. The molecule has 0 atom stereocenters. The fourth-order valence-corrected chi connectivity index (χ4v) is 12.1. The first kappa shape index (κ1) is 44.3. The van der Waals surface area contributed by atoms with Gasteiger partial charge in [0, 0.05) is 86.7 Å². The van der Waals surface area contributed by atoms with Crippen molar-refractivity contribution in [1.82, 2.24) is 19.9 Å². The number of H-pyrrole nitrogens is 4. The number of hydrogen-bond donors (Lipinski definition) is 4. The van der Waals surface area contributed by atoms with Crippen molar-refractivity contribution in [3.63, 3.8) is 0 Å². The molecule has 0 aliphatic carbocycles. The number of hydrogen-bond acceptors (Lipinski definition) is 4. The Morgan fingerprint density at radius 2 is 0.422 bits per heavy atom. The first-order chi connectivity index (χ1) is 29.7. The van der Waals surface area contributed by atoms with Gasteiger partial charge in [-0.2, -0.15) is 0 Å². The van der Waals surface area contributed by atoms with E-state index in [0.717, 1.165) is 45.8 Å².